The van der Waals surface area contributed by atoms with Crippen LogP contribution in [0, 0.1) is 0 Å². The molecule has 8 heteroatoms. The lowest BCUT2D eigenvalue weighted by Gasteiger charge is -2.08. The fourth-order valence-corrected chi connectivity index (χ4v) is 2.30. The van der Waals surface area contributed by atoms with E-state index < -0.39 is 17.3 Å². The number of nitrogens with two attached hydrogens (primary N) is 1. The van der Waals surface area contributed by atoms with Gasteiger partial charge in [0.1, 0.15) is 11.0 Å². The van der Waals surface area contributed by atoms with Crippen LogP contribution in [0.5, 0.6) is 0 Å². The Morgan fingerprint density at radius 3 is 2.77 bits per heavy atom. The molecule has 4 N–H and O–H groups in total. The summed E-state index contributed by atoms with van der Waals surface area (Å²) in [5, 5.41) is 0. The highest BCUT2D eigenvalue weighted by Gasteiger charge is 2.30. The lowest BCUT2D eigenvalue weighted by Crippen LogP contribution is -2.11. The van der Waals surface area contributed by atoms with E-state index in [9.17, 15) is 18.0 Å². The third-order valence-corrected chi connectivity index (χ3v) is 3.28. The van der Waals surface area contributed by atoms with Crippen molar-refractivity contribution < 1.29 is 13.2 Å². The quantitative estimate of drug-likeness (QED) is 0.679. The molecular weight excluding hydrogens is 297 g/mol. The monoisotopic (exact) mass is 308 g/mol. The third kappa shape index (κ3) is 2.54. The third-order valence-electron chi connectivity index (χ3n) is 3.28. The van der Waals surface area contributed by atoms with E-state index in [4.69, 9.17) is 5.73 Å². The van der Waals surface area contributed by atoms with Crippen molar-refractivity contribution in [1.29, 1.82) is 0 Å². The van der Waals surface area contributed by atoms with Gasteiger partial charge in [0.05, 0.1) is 5.56 Å². The Hall–Kier alpha value is -2.77. The van der Waals surface area contributed by atoms with Crippen molar-refractivity contribution >= 4 is 17.0 Å². The average molecular weight is 308 g/mol. The molecule has 1 aromatic carbocycles. The molecule has 0 saturated heterocycles. The SMILES string of the molecule is Nc1nc2c(Cc3cccc(C(F)(F)F)c3)c[nH]c2c(=O)[nH]1. The minimum atomic E-state index is -4.39. The first kappa shape index (κ1) is 14.2. The number of nitrogens with one attached hydrogen (secondary N) is 2. The van der Waals surface area contributed by atoms with Gasteiger partial charge in [0.15, 0.2) is 0 Å². The van der Waals surface area contributed by atoms with Crippen molar-refractivity contribution in [2.45, 2.75) is 12.6 Å². The Bertz CT molecular complexity index is 895. The van der Waals surface area contributed by atoms with Crippen LogP contribution in [-0.4, -0.2) is 15.0 Å². The summed E-state index contributed by atoms with van der Waals surface area (Å²) in [7, 11) is 0. The van der Waals surface area contributed by atoms with E-state index in [1.807, 2.05) is 0 Å². The standard InChI is InChI=1S/C14H11F3N4O/c15-14(16,17)9-3-1-2-7(5-9)4-8-6-19-11-10(8)20-13(18)21-12(11)22/h1-3,5-6,19H,4H2,(H3,18,20,21,22). The van der Waals surface area contributed by atoms with Crippen molar-refractivity contribution in [1.82, 2.24) is 15.0 Å². The number of alkyl halides is 3. The van der Waals surface area contributed by atoms with Crippen LogP contribution in [0.15, 0.2) is 35.3 Å². The number of fused-ring (bicyclic) bond motifs is 1. The molecule has 0 bridgehead atoms. The number of nitrogens with zero attached hydrogens (tertiary/aromatic N) is 1. The first-order valence-corrected chi connectivity index (χ1v) is 6.36. The van der Waals surface area contributed by atoms with Crippen molar-refractivity contribution in [3.05, 3.63) is 57.5 Å². The van der Waals surface area contributed by atoms with Gasteiger partial charge in [0, 0.05) is 18.2 Å². The first-order chi connectivity index (χ1) is 10.3. The zero-order valence-corrected chi connectivity index (χ0v) is 11.2. The number of rotatable bonds is 2. The van der Waals surface area contributed by atoms with Gasteiger partial charge in [0.2, 0.25) is 5.95 Å². The van der Waals surface area contributed by atoms with Gasteiger partial charge >= 0.3 is 6.18 Å². The Labute approximate surface area is 122 Å². The molecule has 0 fully saturated rings. The summed E-state index contributed by atoms with van der Waals surface area (Å²) in [6.45, 7) is 0. The van der Waals surface area contributed by atoms with E-state index in [0.29, 0.717) is 16.6 Å². The van der Waals surface area contributed by atoms with Crippen LogP contribution in [0.2, 0.25) is 0 Å². The highest BCUT2D eigenvalue weighted by molar-refractivity contribution is 5.79. The van der Waals surface area contributed by atoms with Crippen molar-refractivity contribution in [3.63, 3.8) is 0 Å². The van der Waals surface area contributed by atoms with Gasteiger partial charge in [-0.2, -0.15) is 13.2 Å². The maximum Gasteiger partial charge on any atom is 0.416 e. The number of H-pyrrole nitrogens is 2. The van der Waals surface area contributed by atoms with Gasteiger partial charge < -0.3 is 10.7 Å². The molecule has 0 aliphatic carbocycles. The summed E-state index contributed by atoms with van der Waals surface area (Å²) in [5.74, 6) is -0.0395. The molecule has 22 heavy (non-hydrogen) atoms. The molecule has 0 aliphatic heterocycles. The highest BCUT2D eigenvalue weighted by atomic mass is 19.4. The summed E-state index contributed by atoms with van der Waals surface area (Å²) < 4.78 is 38.2. The Balaban J connectivity index is 2.02. The molecule has 0 radical (unpaired) electrons. The van der Waals surface area contributed by atoms with Gasteiger partial charge in [-0.15, -0.1) is 0 Å². The van der Waals surface area contributed by atoms with E-state index in [0.717, 1.165) is 12.1 Å². The highest BCUT2D eigenvalue weighted by Crippen LogP contribution is 2.30. The van der Waals surface area contributed by atoms with E-state index in [-0.39, 0.29) is 17.9 Å². The molecule has 0 spiro atoms. The smallest absolute Gasteiger partial charge is 0.369 e. The van der Waals surface area contributed by atoms with Crippen molar-refractivity contribution in [3.8, 4) is 0 Å². The molecule has 0 unspecified atom stereocenters. The molecule has 0 atom stereocenters. The van der Waals surface area contributed by atoms with E-state index >= 15 is 0 Å². The Kier molecular flexibility index (Phi) is 3.16. The summed E-state index contributed by atoms with van der Waals surface area (Å²) in [6, 6.07) is 5.03. The number of hydrogen-bond acceptors (Lipinski definition) is 3. The van der Waals surface area contributed by atoms with Crippen LogP contribution in [0.25, 0.3) is 11.0 Å². The molecule has 2 aromatic heterocycles. The molecule has 0 aliphatic rings. The van der Waals surface area contributed by atoms with Crippen LogP contribution in [0.1, 0.15) is 16.7 Å². The minimum absolute atomic E-state index is 0.0395. The van der Waals surface area contributed by atoms with Crippen molar-refractivity contribution in [2.75, 3.05) is 5.73 Å². The van der Waals surface area contributed by atoms with Gasteiger partial charge in [-0.05, 0) is 11.6 Å². The lowest BCUT2D eigenvalue weighted by molar-refractivity contribution is -0.137. The Morgan fingerprint density at radius 2 is 2.05 bits per heavy atom. The van der Waals surface area contributed by atoms with Gasteiger partial charge in [0.25, 0.3) is 5.56 Å². The maximum atomic E-state index is 12.7. The second kappa shape index (κ2) is 4.90. The number of benzene rings is 1. The normalized spacial score (nSPS) is 12.0. The van der Waals surface area contributed by atoms with Gasteiger partial charge in [-0.1, -0.05) is 18.2 Å². The van der Waals surface area contributed by atoms with Crippen LogP contribution in [-0.2, 0) is 12.6 Å². The summed E-state index contributed by atoms with van der Waals surface area (Å²) in [4.78, 5) is 20.8. The van der Waals surface area contributed by atoms with Crippen LogP contribution >= 0.6 is 0 Å². The van der Waals surface area contributed by atoms with E-state index in [1.165, 1.54) is 6.07 Å². The molecule has 3 rings (SSSR count). The number of halogens is 3. The number of nitrogen functional groups attached to an aromatic ring is 1. The largest absolute Gasteiger partial charge is 0.416 e. The van der Waals surface area contributed by atoms with Crippen LogP contribution in [0.3, 0.4) is 0 Å². The fourth-order valence-electron chi connectivity index (χ4n) is 2.30. The Morgan fingerprint density at radius 1 is 1.27 bits per heavy atom. The first-order valence-electron chi connectivity index (χ1n) is 6.36. The number of aromatic nitrogens is 3. The number of hydrogen-bond donors (Lipinski definition) is 3. The predicted octanol–water partition coefficient (Wildman–Crippen LogP) is 2.44. The van der Waals surface area contributed by atoms with E-state index in [1.54, 1.807) is 12.3 Å². The topological polar surface area (TPSA) is 87.6 Å². The number of aromatic amines is 2. The van der Waals surface area contributed by atoms with Crippen LogP contribution in [0.4, 0.5) is 19.1 Å². The summed E-state index contributed by atoms with van der Waals surface area (Å²) in [5.41, 5.74) is 6.05. The van der Waals surface area contributed by atoms with Gasteiger partial charge in [-0.3, -0.25) is 9.78 Å². The second-order valence-electron chi connectivity index (χ2n) is 4.86. The fraction of sp³-hybridized carbons (Fsp3) is 0.143. The van der Waals surface area contributed by atoms with E-state index in [2.05, 4.69) is 15.0 Å². The zero-order chi connectivity index (χ0) is 15.9. The molecule has 3 aromatic rings. The van der Waals surface area contributed by atoms with Gasteiger partial charge in [-0.25, -0.2) is 4.98 Å². The molecule has 5 nitrogen and oxygen atoms in total. The zero-order valence-electron chi connectivity index (χ0n) is 11.2. The maximum absolute atomic E-state index is 12.7. The molecule has 0 amide bonds. The average Bonchev–Trinajstić information content (AvgIpc) is 2.81. The molecule has 114 valence electrons. The summed E-state index contributed by atoms with van der Waals surface area (Å²) in [6.07, 6.45) is -2.64. The minimum Gasteiger partial charge on any atom is -0.369 e. The molecular formula is C14H11F3N4O. The van der Waals surface area contributed by atoms with Crippen molar-refractivity contribution in [2.24, 2.45) is 0 Å². The summed E-state index contributed by atoms with van der Waals surface area (Å²) >= 11 is 0. The second-order valence-corrected chi connectivity index (χ2v) is 4.86. The number of anilines is 1. The molecule has 2 heterocycles. The molecule has 0 saturated carbocycles. The lowest BCUT2D eigenvalue weighted by atomic mass is 10.0. The predicted molar refractivity (Wildman–Crippen MR) is 75.4 cm³/mol. The van der Waals surface area contributed by atoms with Crippen LogP contribution < -0.4 is 11.3 Å².